The molecule has 0 saturated carbocycles. The zero-order valence-electron chi connectivity index (χ0n) is 13.4. The summed E-state index contributed by atoms with van der Waals surface area (Å²) in [7, 11) is 0. The number of nitrogens with one attached hydrogen (secondary N) is 1. The molecule has 5 heteroatoms. The number of aryl methyl sites for hydroxylation is 1. The maximum atomic E-state index is 11.0. The molecule has 0 unspecified atom stereocenters. The second-order valence-electron chi connectivity index (χ2n) is 6.64. The van der Waals surface area contributed by atoms with Gasteiger partial charge in [0.1, 0.15) is 0 Å². The van der Waals surface area contributed by atoms with Gasteiger partial charge in [0.25, 0.3) is 0 Å². The van der Waals surface area contributed by atoms with Gasteiger partial charge in [0, 0.05) is 40.8 Å². The van der Waals surface area contributed by atoms with E-state index in [0.29, 0.717) is 5.69 Å². The average Bonchev–Trinajstić information content (AvgIpc) is 3.17. The van der Waals surface area contributed by atoms with Crippen LogP contribution in [0.5, 0.6) is 0 Å². The third-order valence-corrected chi connectivity index (χ3v) is 5.10. The van der Waals surface area contributed by atoms with E-state index in [9.17, 15) is 4.79 Å². The van der Waals surface area contributed by atoms with Gasteiger partial charge in [-0.1, -0.05) is 6.07 Å². The van der Waals surface area contributed by atoms with Crippen molar-refractivity contribution in [3.05, 3.63) is 41.2 Å². The lowest BCUT2D eigenvalue weighted by Gasteiger charge is -2.31. The Morgan fingerprint density at radius 2 is 2.00 bits per heavy atom. The molecule has 0 bridgehead atoms. The van der Waals surface area contributed by atoms with Crippen LogP contribution in [0.2, 0.25) is 0 Å². The first-order chi connectivity index (χ1) is 11.8. The van der Waals surface area contributed by atoms with Gasteiger partial charge in [0.15, 0.2) is 6.29 Å². The lowest BCUT2D eigenvalue weighted by atomic mass is 10.0. The molecule has 0 amide bonds. The van der Waals surface area contributed by atoms with E-state index in [4.69, 9.17) is 9.97 Å². The first-order valence-corrected chi connectivity index (χ1v) is 8.55. The molecular formula is C19H18N4O. The highest BCUT2D eigenvalue weighted by Gasteiger charge is 2.24. The van der Waals surface area contributed by atoms with Gasteiger partial charge in [-0.15, -0.1) is 0 Å². The molecule has 0 atom stereocenters. The van der Waals surface area contributed by atoms with Gasteiger partial charge in [-0.3, -0.25) is 4.79 Å². The first kappa shape index (κ1) is 13.7. The minimum atomic E-state index is 0.608. The quantitative estimate of drug-likeness (QED) is 0.754. The van der Waals surface area contributed by atoms with E-state index in [0.717, 1.165) is 66.7 Å². The highest BCUT2D eigenvalue weighted by atomic mass is 16.1. The number of carbonyl (C=O) groups is 1. The smallest absolute Gasteiger partial charge is 0.226 e. The van der Waals surface area contributed by atoms with E-state index in [1.807, 2.05) is 12.1 Å². The number of carbonyl (C=O) groups excluding carboxylic acids is 1. The van der Waals surface area contributed by atoms with Gasteiger partial charge in [-0.05, 0) is 43.9 Å². The molecular weight excluding hydrogens is 300 g/mol. The van der Waals surface area contributed by atoms with Crippen LogP contribution in [0.25, 0.3) is 22.2 Å². The van der Waals surface area contributed by atoms with Crippen LogP contribution in [0.1, 0.15) is 34.6 Å². The number of anilines is 1. The Kier molecular flexibility index (Phi) is 2.95. The van der Waals surface area contributed by atoms with E-state index in [-0.39, 0.29) is 0 Å². The van der Waals surface area contributed by atoms with Gasteiger partial charge < -0.3 is 9.88 Å². The third kappa shape index (κ3) is 2.04. The summed E-state index contributed by atoms with van der Waals surface area (Å²) in [4.78, 5) is 26.1. The summed E-state index contributed by atoms with van der Waals surface area (Å²) < 4.78 is 0. The number of fused-ring (bicyclic) bond motifs is 2. The number of benzene rings is 1. The second-order valence-corrected chi connectivity index (χ2v) is 6.64. The molecule has 1 N–H and O–H groups in total. The molecule has 1 aliphatic carbocycles. The van der Waals surface area contributed by atoms with Crippen molar-refractivity contribution in [2.75, 3.05) is 18.0 Å². The molecule has 0 spiro atoms. The van der Waals surface area contributed by atoms with Gasteiger partial charge in [-0.2, -0.15) is 0 Å². The number of aromatic amines is 1. The summed E-state index contributed by atoms with van der Waals surface area (Å²) in [6.45, 7) is 2.11. The monoisotopic (exact) mass is 318 g/mol. The molecule has 1 saturated heterocycles. The number of aromatic nitrogens is 3. The van der Waals surface area contributed by atoms with Crippen molar-refractivity contribution >= 4 is 23.1 Å². The van der Waals surface area contributed by atoms with Crippen molar-refractivity contribution in [1.82, 2.24) is 15.0 Å². The lowest BCUT2D eigenvalue weighted by molar-refractivity contribution is 0.112. The van der Waals surface area contributed by atoms with Gasteiger partial charge >= 0.3 is 0 Å². The predicted octanol–water partition coefficient (Wildman–Crippen LogP) is 3.14. The fraction of sp³-hybridized carbons (Fsp3) is 0.316. The molecule has 1 fully saturated rings. The maximum Gasteiger partial charge on any atom is 0.226 e. The number of hydrogen-bond acceptors (Lipinski definition) is 4. The lowest BCUT2D eigenvalue weighted by Crippen LogP contribution is -2.38. The Balaban J connectivity index is 1.67. The number of H-pyrrole nitrogens is 1. The van der Waals surface area contributed by atoms with Crippen LogP contribution >= 0.6 is 0 Å². The van der Waals surface area contributed by atoms with Crippen LogP contribution in [-0.4, -0.2) is 34.3 Å². The number of rotatable bonds is 3. The molecule has 1 aliphatic heterocycles. The van der Waals surface area contributed by atoms with Crippen molar-refractivity contribution in [3.8, 4) is 11.3 Å². The molecule has 5 rings (SSSR count). The number of aldehydes is 1. The predicted molar refractivity (Wildman–Crippen MR) is 93.6 cm³/mol. The summed E-state index contributed by atoms with van der Waals surface area (Å²) in [5, 5.41) is 1.05. The van der Waals surface area contributed by atoms with E-state index < -0.39 is 0 Å². The molecule has 24 heavy (non-hydrogen) atoms. The van der Waals surface area contributed by atoms with Crippen LogP contribution in [0.4, 0.5) is 5.95 Å². The molecule has 5 nitrogen and oxygen atoms in total. The maximum absolute atomic E-state index is 11.0. The molecule has 2 aromatic heterocycles. The van der Waals surface area contributed by atoms with Crippen LogP contribution in [0.3, 0.4) is 0 Å². The Morgan fingerprint density at radius 1 is 1.08 bits per heavy atom. The second kappa shape index (κ2) is 5.16. The summed E-state index contributed by atoms with van der Waals surface area (Å²) >= 11 is 0. The normalized spacial score (nSPS) is 16.2. The van der Waals surface area contributed by atoms with E-state index >= 15 is 0 Å². The summed E-state index contributed by atoms with van der Waals surface area (Å²) in [6, 6.07) is 8.14. The standard InChI is InChI=1S/C19H18N4O/c24-11-14-10-13-9-12(5-6-16(13)20-14)18-15-3-1-4-17(15)21-19(22-18)23-7-2-8-23/h5-6,9-11,20H,1-4,7-8H2. The average molecular weight is 318 g/mol. The third-order valence-electron chi connectivity index (χ3n) is 5.10. The van der Waals surface area contributed by atoms with E-state index in [1.54, 1.807) is 0 Å². The zero-order valence-corrected chi connectivity index (χ0v) is 13.4. The van der Waals surface area contributed by atoms with Crippen molar-refractivity contribution in [3.63, 3.8) is 0 Å². The molecule has 3 aromatic rings. The fourth-order valence-corrected chi connectivity index (χ4v) is 3.68. The molecule has 1 aromatic carbocycles. The molecule has 3 heterocycles. The Bertz CT molecular complexity index is 955. The van der Waals surface area contributed by atoms with Crippen LogP contribution < -0.4 is 4.90 Å². The Labute approximate surface area is 139 Å². The van der Waals surface area contributed by atoms with Crippen LogP contribution in [0, 0.1) is 0 Å². The summed E-state index contributed by atoms with van der Waals surface area (Å²) in [5.74, 6) is 0.875. The zero-order chi connectivity index (χ0) is 16.1. The SMILES string of the molecule is O=Cc1cc2cc(-c3nc(N4CCC4)nc4c3CCC4)ccc2[nH]1. The Hall–Kier alpha value is -2.69. The van der Waals surface area contributed by atoms with E-state index in [2.05, 4.69) is 22.0 Å². The summed E-state index contributed by atoms with van der Waals surface area (Å²) in [5.41, 5.74) is 6.27. The molecule has 0 radical (unpaired) electrons. The van der Waals surface area contributed by atoms with Gasteiger partial charge in [0.05, 0.1) is 11.4 Å². The Morgan fingerprint density at radius 3 is 2.79 bits per heavy atom. The minimum absolute atomic E-state index is 0.608. The highest BCUT2D eigenvalue weighted by Crippen LogP contribution is 2.34. The highest BCUT2D eigenvalue weighted by molar-refractivity contribution is 5.90. The van der Waals surface area contributed by atoms with E-state index in [1.165, 1.54) is 17.7 Å². The van der Waals surface area contributed by atoms with Crippen molar-refractivity contribution in [2.45, 2.75) is 25.7 Å². The molecule has 2 aliphatic rings. The molecule has 120 valence electrons. The van der Waals surface area contributed by atoms with Crippen molar-refractivity contribution in [2.24, 2.45) is 0 Å². The van der Waals surface area contributed by atoms with Gasteiger partial charge in [0.2, 0.25) is 5.95 Å². The van der Waals surface area contributed by atoms with Crippen LogP contribution in [-0.2, 0) is 12.8 Å². The first-order valence-electron chi connectivity index (χ1n) is 8.55. The largest absolute Gasteiger partial charge is 0.352 e. The fourth-order valence-electron chi connectivity index (χ4n) is 3.68. The topological polar surface area (TPSA) is 61.9 Å². The van der Waals surface area contributed by atoms with Crippen LogP contribution in [0.15, 0.2) is 24.3 Å². The van der Waals surface area contributed by atoms with Gasteiger partial charge in [-0.25, -0.2) is 9.97 Å². The number of nitrogens with zero attached hydrogens (tertiary/aromatic N) is 3. The van der Waals surface area contributed by atoms with Crippen molar-refractivity contribution in [1.29, 1.82) is 0 Å². The number of hydrogen-bond donors (Lipinski definition) is 1. The van der Waals surface area contributed by atoms with Crippen molar-refractivity contribution < 1.29 is 4.79 Å². The minimum Gasteiger partial charge on any atom is -0.352 e. The summed E-state index contributed by atoms with van der Waals surface area (Å²) in [6.07, 6.45) is 5.33.